The quantitative estimate of drug-likeness (QED) is 0.755. The summed E-state index contributed by atoms with van der Waals surface area (Å²) in [6, 6.07) is 3.94. The molecule has 0 fully saturated rings. The van der Waals surface area contributed by atoms with Crippen molar-refractivity contribution < 1.29 is 0 Å². The molecular weight excluding hydrogens is 282 g/mol. The molecule has 0 saturated heterocycles. The Morgan fingerprint density at radius 2 is 2.29 bits per heavy atom. The van der Waals surface area contributed by atoms with E-state index in [-0.39, 0.29) is 0 Å². The summed E-state index contributed by atoms with van der Waals surface area (Å²) in [6.07, 6.45) is 2.31. The number of anilines is 2. The van der Waals surface area contributed by atoms with Gasteiger partial charge in [0.05, 0.1) is 0 Å². The van der Waals surface area contributed by atoms with E-state index in [0.29, 0.717) is 0 Å². The lowest BCUT2D eigenvalue weighted by atomic mass is 10.2. The molecule has 0 aliphatic heterocycles. The number of nitrogens with zero attached hydrogens (tertiary/aromatic N) is 2. The maximum atomic E-state index is 5.81. The van der Waals surface area contributed by atoms with Crippen molar-refractivity contribution in [2.75, 3.05) is 17.6 Å². The molecule has 2 aromatic rings. The normalized spacial score (nSPS) is 10.5. The number of hydrogen-bond donors (Lipinski definition) is 3. The molecule has 2 rings (SSSR count). The van der Waals surface area contributed by atoms with Gasteiger partial charge in [-0.1, -0.05) is 0 Å². The second kappa shape index (κ2) is 5.18. The summed E-state index contributed by atoms with van der Waals surface area (Å²) in [5.74, 6) is 0.876. The maximum Gasteiger partial charge on any atom is 0.137 e. The lowest BCUT2D eigenvalue weighted by Crippen LogP contribution is -2.07. The van der Waals surface area contributed by atoms with Crippen LogP contribution in [0.25, 0.3) is 0 Å². The first-order valence-electron chi connectivity index (χ1n) is 5.30. The fraction of sp³-hybridized carbons (Fsp3) is 0.273. The highest BCUT2D eigenvalue weighted by Crippen LogP contribution is 2.27. The highest BCUT2D eigenvalue weighted by atomic mass is 79.9. The molecule has 0 aliphatic carbocycles. The molecule has 0 unspecified atom stereocenters. The van der Waals surface area contributed by atoms with Crippen LogP contribution in [0.5, 0.6) is 0 Å². The monoisotopic (exact) mass is 295 g/mol. The van der Waals surface area contributed by atoms with E-state index in [1.54, 1.807) is 0 Å². The van der Waals surface area contributed by atoms with E-state index < -0.39 is 0 Å². The molecule has 0 aliphatic rings. The zero-order chi connectivity index (χ0) is 12.3. The number of hydrogen-bond acceptors (Lipinski definition) is 4. The third-order valence-electron chi connectivity index (χ3n) is 2.50. The first kappa shape index (κ1) is 11.9. The molecule has 17 heavy (non-hydrogen) atoms. The van der Waals surface area contributed by atoms with Crippen LogP contribution in [-0.2, 0) is 6.42 Å². The molecular formula is C11H14BrN5. The van der Waals surface area contributed by atoms with Gasteiger partial charge in [-0.3, -0.25) is 5.10 Å². The van der Waals surface area contributed by atoms with Crippen molar-refractivity contribution in [1.82, 2.24) is 15.2 Å². The van der Waals surface area contributed by atoms with Crippen LogP contribution in [0.15, 0.2) is 22.9 Å². The Bertz CT molecular complexity index is 495. The SMILES string of the molecule is Cc1cc(NCCc2ncn[nH]2)c(Br)cc1N. The fourth-order valence-corrected chi connectivity index (χ4v) is 2.00. The number of halogens is 1. The number of nitrogens with two attached hydrogens (primary N) is 1. The number of aromatic amines is 1. The smallest absolute Gasteiger partial charge is 0.137 e. The Balaban J connectivity index is 1.97. The second-order valence-electron chi connectivity index (χ2n) is 3.80. The predicted octanol–water partition coefficient (Wildman–Crippen LogP) is 2.11. The minimum absolute atomic E-state index is 0.789. The van der Waals surface area contributed by atoms with Gasteiger partial charge in [-0.2, -0.15) is 5.10 Å². The first-order chi connectivity index (χ1) is 8.16. The van der Waals surface area contributed by atoms with E-state index in [1.807, 2.05) is 19.1 Å². The molecule has 1 aromatic heterocycles. The van der Waals surface area contributed by atoms with Crippen molar-refractivity contribution in [1.29, 1.82) is 0 Å². The van der Waals surface area contributed by atoms with E-state index in [9.17, 15) is 0 Å². The molecule has 0 radical (unpaired) electrons. The standard InChI is InChI=1S/C11H14BrN5/c1-7-4-10(8(12)5-9(7)13)14-3-2-11-15-6-16-17-11/h4-6,14H,2-3,13H2,1H3,(H,15,16,17). The van der Waals surface area contributed by atoms with Crippen LogP contribution in [0.3, 0.4) is 0 Å². The molecule has 0 atom stereocenters. The predicted molar refractivity (Wildman–Crippen MR) is 71.9 cm³/mol. The summed E-state index contributed by atoms with van der Waals surface area (Å²) >= 11 is 3.48. The summed E-state index contributed by atoms with van der Waals surface area (Å²) < 4.78 is 0.971. The number of benzene rings is 1. The van der Waals surface area contributed by atoms with E-state index in [0.717, 1.165) is 40.2 Å². The topological polar surface area (TPSA) is 79.6 Å². The van der Waals surface area contributed by atoms with E-state index in [1.165, 1.54) is 6.33 Å². The summed E-state index contributed by atoms with van der Waals surface area (Å²) in [6.45, 7) is 2.78. The molecule has 4 N–H and O–H groups in total. The molecule has 0 saturated carbocycles. The van der Waals surface area contributed by atoms with Gasteiger partial charge in [0.15, 0.2) is 0 Å². The highest BCUT2D eigenvalue weighted by Gasteiger charge is 2.03. The van der Waals surface area contributed by atoms with Crippen LogP contribution >= 0.6 is 15.9 Å². The Kier molecular flexibility index (Phi) is 3.63. The molecule has 6 heteroatoms. The van der Waals surface area contributed by atoms with Crippen molar-refractivity contribution in [3.8, 4) is 0 Å². The average Bonchev–Trinajstić information content (AvgIpc) is 2.78. The zero-order valence-corrected chi connectivity index (χ0v) is 11.1. The second-order valence-corrected chi connectivity index (χ2v) is 4.65. The number of H-pyrrole nitrogens is 1. The Morgan fingerprint density at radius 1 is 1.47 bits per heavy atom. The number of nitrogens with one attached hydrogen (secondary N) is 2. The van der Waals surface area contributed by atoms with Crippen LogP contribution in [0.4, 0.5) is 11.4 Å². The largest absolute Gasteiger partial charge is 0.398 e. The zero-order valence-electron chi connectivity index (χ0n) is 9.50. The summed E-state index contributed by atoms with van der Waals surface area (Å²) in [7, 11) is 0. The third kappa shape index (κ3) is 2.97. The minimum Gasteiger partial charge on any atom is -0.398 e. The highest BCUT2D eigenvalue weighted by molar-refractivity contribution is 9.10. The average molecular weight is 296 g/mol. The number of nitrogen functional groups attached to an aromatic ring is 1. The van der Waals surface area contributed by atoms with Crippen LogP contribution in [0.1, 0.15) is 11.4 Å². The lowest BCUT2D eigenvalue weighted by Gasteiger charge is -2.10. The molecule has 1 aromatic carbocycles. The molecule has 1 heterocycles. The number of rotatable bonds is 4. The Labute approximate surface area is 108 Å². The van der Waals surface area contributed by atoms with Crippen molar-refractivity contribution in [3.05, 3.63) is 34.3 Å². The van der Waals surface area contributed by atoms with Gasteiger partial charge >= 0.3 is 0 Å². The van der Waals surface area contributed by atoms with Gasteiger partial charge < -0.3 is 11.1 Å². The van der Waals surface area contributed by atoms with Gasteiger partial charge in [-0.15, -0.1) is 0 Å². The number of aromatic nitrogens is 3. The van der Waals surface area contributed by atoms with Crippen molar-refractivity contribution in [3.63, 3.8) is 0 Å². The van der Waals surface area contributed by atoms with Gasteiger partial charge in [0.1, 0.15) is 12.2 Å². The summed E-state index contributed by atoms with van der Waals surface area (Å²) in [4.78, 5) is 4.06. The summed E-state index contributed by atoms with van der Waals surface area (Å²) in [5.41, 5.74) is 8.71. The molecule has 0 spiro atoms. The van der Waals surface area contributed by atoms with Crippen molar-refractivity contribution in [2.45, 2.75) is 13.3 Å². The van der Waals surface area contributed by atoms with Gasteiger partial charge in [0, 0.05) is 28.8 Å². The Hall–Kier alpha value is -1.56. The maximum absolute atomic E-state index is 5.81. The van der Waals surface area contributed by atoms with E-state index >= 15 is 0 Å². The van der Waals surface area contributed by atoms with E-state index in [2.05, 4.69) is 36.4 Å². The molecule has 0 amide bonds. The van der Waals surface area contributed by atoms with Crippen LogP contribution in [0.2, 0.25) is 0 Å². The van der Waals surface area contributed by atoms with Crippen LogP contribution in [0, 0.1) is 6.92 Å². The molecule has 5 nitrogen and oxygen atoms in total. The van der Waals surface area contributed by atoms with Crippen molar-refractivity contribution >= 4 is 27.3 Å². The number of aryl methyl sites for hydroxylation is 1. The third-order valence-corrected chi connectivity index (χ3v) is 3.15. The van der Waals surface area contributed by atoms with Gasteiger partial charge in [0.25, 0.3) is 0 Å². The van der Waals surface area contributed by atoms with Gasteiger partial charge in [0.2, 0.25) is 0 Å². The fourth-order valence-electron chi connectivity index (χ4n) is 1.50. The summed E-state index contributed by atoms with van der Waals surface area (Å²) in [5, 5.41) is 9.96. The van der Waals surface area contributed by atoms with Gasteiger partial charge in [-0.05, 0) is 40.5 Å². The Morgan fingerprint density at radius 3 is 3.00 bits per heavy atom. The van der Waals surface area contributed by atoms with Crippen molar-refractivity contribution in [2.24, 2.45) is 0 Å². The van der Waals surface area contributed by atoms with E-state index in [4.69, 9.17) is 5.73 Å². The van der Waals surface area contributed by atoms with Crippen LogP contribution in [-0.4, -0.2) is 21.7 Å². The minimum atomic E-state index is 0.789. The molecule has 0 bridgehead atoms. The molecule has 90 valence electrons. The van der Waals surface area contributed by atoms with Crippen LogP contribution < -0.4 is 11.1 Å². The van der Waals surface area contributed by atoms with Gasteiger partial charge in [-0.25, -0.2) is 4.98 Å². The lowest BCUT2D eigenvalue weighted by molar-refractivity contribution is 0.900. The first-order valence-corrected chi connectivity index (χ1v) is 6.10.